The van der Waals surface area contributed by atoms with E-state index in [9.17, 15) is 24.6 Å². The second-order valence-corrected chi connectivity index (χ2v) is 12.1. The molecule has 11 nitrogen and oxygen atoms in total. The van der Waals surface area contributed by atoms with Gasteiger partial charge >= 0.3 is 18.0 Å². The lowest BCUT2D eigenvalue weighted by atomic mass is 9.50. The number of likely N-dealkylation sites (tertiary alicyclic amines) is 1. The van der Waals surface area contributed by atoms with Gasteiger partial charge in [0.25, 0.3) is 0 Å². The van der Waals surface area contributed by atoms with Gasteiger partial charge < -0.3 is 39.4 Å². The van der Waals surface area contributed by atoms with E-state index in [0.717, 1.165) is 16.7 Å². The number of alkyl carbamates (subject to hydrolysis) is 1. The smallest absolute Gasteiger partial charge is 0.407 e. The zero-order valence-corrected chi connectivity index (χ0v) is 25.1. The first-order chi connectivity index (χ1) is 21.1. The lowest BCUT2D eigenvalue weighted by Gasteiger charge is -2.61. The summed E-state index contributed by atoms with van der Waals surface area (Å²) in [5.74, 6) is -2.98. The van der Waals surface area contributed by atoms with Crippen molar-refractivity contribution in [1.29, 1.82) is 0 Å². The second-order valence-electron chi connectivity index (χ2n) is 12.1. The van der Waals surface area contributed by atoms with Gasteiger partial charge in [-0.15, -0.1) is 0 Å². The average molecular weight is 607 g/mol. The topological polar surface area (TPSA) is 144 Å². The number of carboxylic acid groups (broad SMARTS) is 1. The number of carbonyl (C=O) groups is 3. The van der Waals surface area contributed by atoms with Crippen molar-refractivity contribution in [3.8, 4) is 11.5 Å². The Morgan fingerprint density at radius 3 is 2.66 bits per heavy atom. The summed E-state index contributed by atoms with van der Waals surface area (Å²) in [7, 11) is 3.55. The molecule has 2 heterocycles. The van der Waals surface area contributed by atoms with Crippen LogP contribution < -0.4 is 14.8 Å². The predicted molar refractivity (Wildman–Crippen MR) is 157 cm³/mol. The molecule has 2 aromatic rings. The summed E-state index contributed by atoms with van der Waals surface area (Å²) in [5, 5.41) is 25.1. The van der Waals surface area contributed by atoms with Crippen molar-refractivity contribution in [3.05, 3.63) is 71.0 Å². The van der Waals surface area contributed by atoms with Gasteiger partial charge in [0.15, 0.2) is 23.5 Å². The molecule has 2 bridgehead atoms. The van der Waals surface area contributed by atoms with Crippen LogP contribution in [-0.4, -0.2) is 77.6 Å². The fraction of sp³-hybridized carbons (Fsp3) is 0.485. The van der Waals surface area contributed by atoms with Crippen molar-refractivity contribution in [2.24, 2.45) is 5.92 Å². The number of ether oxygens (including phenoxy) is 4. The Morgan fingerprint density at radius 2 is 1.95 bits per heavy atom. The molecule has 2 aromatic carbocycles. The van der Waals surface area contributed by atoms with Crippen molar-refractivity contribution in [1.82, 2.24) is 10.2 Å². The Hall–Kier alpha value is -4.09. The van der Waals surface area contributed by atoms with Gasteiger partial charge in [-0.3, -0.25) is 9.59 Å². The number of benzene rings is 2. The van der Waals surface area contributed by atoms with Crippen LogP contribution in [0.5, 0.6) is 11.5 Å². The number of carboxylic acids is 1. The first-order valence-corrected chi connectivity index (χ1v) is 15.1. The Kier molecular flexibility index (Phi) is 7.79. The van der Waals surface area contributed by atoms with Gasteiger partial charge in [-0.1, -0.05) is 49.7 Å². The zero-order valence-electron chi connectivity index (χ0n) is 25.1. The number of aliphatic carboxylic acids is 1. The van der Waals surface area contributed by atoms with Crippen LogP contribution in [0.4, 0.5) is 4.79 Å². The van der Waals surface area contributed by atoms with Gasteiger partial charge in [0.1, 0.15) is 12.4 Å². The first kappa shape index (κ1) is 30.0. The normalized spacial score (nSPS) is 27.6. The number of aliphatic hydroxyl groups is 1. The quantitative estimate of drug-likeness (QED) is 0.272. The van der Waals surface area contributed by atoms with E-state index in [1.807, 2.05) is 44.3 Å². The van der Waals surface area contributed by atoms with Crippen LogP contribution in [0.3, 0.4) is 0 Å². The molecule has 4 aliphatic rings. The van der Waals surface area contributed by atoms with Gasteiger partial charge in [-0.05, 0) is 56.1 Å². The van der Waals surface area contributed by atoms with Crippen molar-refractivity contribution in [2.45, 2.75) is 74.8 Å². The molecule has 0 aromatic heterocycles. The molecule has 3 N–H and O–H groups in total. The fourth-order valence-corrected chi connectivity index (χ4v) is 7.75. The van der Waals surface area contributed by atoms with Crippen LogP contribution in [0, 0.1) is 5.92 Å². The minimum absolute atomic E-state index is 0.00715. The first-order valence-electron chi connectivity index (χ1n) is 15.1. The van der Waals surface area contributed by atoms with Crippen LogP contribution in [0.25, 0.3) is 0 Å². The fourth-order valence-electron chi connectivity index (χ4n) is 7.75. The molecule has 44 heavy (non-hydrogen) atoms. The number of hydrogen-bond acceptors (Lipinski definition) is 9. The monoisotopic (exact) mass is 606 g/mol. The molecule has 2 aliphatic heterocycles. The van der Waals surface area contributed by atoms with E-state index in [1.54, 1.807) is 25.3 Å². The highest BCUT2D eigenvalue weighted by atomic mass is 16.6. The summed E-state index contributed by atoms with van der Waals surface area (Å²) in [6, 6.07) is 11.6. The maximum atomic E-state index is 13.7. The van der Waals surface area contributed by atoms with Crippen molar-refractivity contribution in [3.63, 3.8) is 0 Å². The largest absolute Gasteiger partial charge is 0.493 e. The van der Waals surface area contributed by atoms with Crippen LogP contribution in [0.2, 0.25) is 0 Å². The van der Waals surface area contributed by atoms with Crippen molar-refractivity contribution in [2.75, 3.05) is 20.7 Å². The highest BCUT2D eigenvalue weighted by Crippen LogP contribution is 2.65. The van der Waals surface area contributed by atoms with Gasteiger partial charge in [0, 0.05) is 18.0 Å². The van der Waals surface area contributed by atoms with Gasteiger partial charge in [-0.25, -0.2) is 4.79 Å². The van der Waals surface area contributed by atoms with E-state index in [1.165, 1.54) is 0 Å². The minimum Gasteiger partial charge on any atom is -0.493 e. The summed E-state index contributed by atoms with van der Waals surface area (Å²) >= 11 is 0. The number of esters is 1. The molecular weight excluding hydrogens is 568 g/mol. The molecule has 1 saturated heterocycles. The molecule has 1 fully saturated rings. The number of likely N-dealkylation sites (N-methyl/N-ethyl adjacent to an activating group) is 1. The number of nitrogens with one attached hydrogen (secondary N) is 1. The van der Waals surface area contributed by atoms with E-state index < -0.39 is 47.1 Å². The Balaban J connectivity index is 1.27. The van der Waals surface area contributed by atoms with Crippen LogP contribution in [-0.2, 0) is 37.5 Å². The number of amides is 1. The van der Waals surface area contributed by atoms with Crippen LogP contribution >= 0.6 is 0 Å². The average Bonchev–Trinajstić information content (AvgIpc) is 3.36. The van der Waals surface area contributed by atoms with Gasteiger partial charge in [-0.2, -0.15) is 0 Å². The molecule has 0 saturated carbocycles. The number of methoxy groups -OCH3 is 1. The van der Waals surface area contributed by atoms with Crippen molar-refractivity contribution < 1.29 is 43.5 Å². The number of rotatable bonds is 10. The number of piperidine rings is 1. The van der Waals surface area contributed by atoms with Crippen LogP contribution in [0.15, 0.2) is 54.3 Å². The summed E-state index contributed by atoms with van der Waals surface area (Å²) in [4.78, 5) is 41.0. The number of nitrogens with zero attached hydrogens (tertiary/aromatic N) is 1. The zero-order chi connectivity index (χ0) is 31.2. The predicted octanol–water partition coefficient (Wildman–Crippen LogP) is 3.31. The molecule has 2 unspecified atom stereocenters. The SMILES string of the molecule is CCCC(NC(=O)OCc1ccccc1)C(C(=O)O)C(=O)OC1=CC[C@@]2(O)[C@H]3Cc4ccc(OC)c5c4[C@@]2(CCN3C)[C@H]1O5. The number of hydrogen-bond donors (Lipinski definition) is 3. The van der Waals surface area contributed by atoms with E-state index in [4.69, 9.17) is 18.9 Å². The van der Waals surface area contributed by atoms with Gasteiger partial charge in [0.2, 0.25) is 0 Å². The highest BCUT2D eigenvalue weighted by molar-refractivity contribution is 5.95. The Labute approximate surface area is 255 Å². The maximum absolute atomic E-state index is 13.7. The maximum Gasteiger partial charge on any atom is 0.407 e. The third-order valence-corrected chi connectivity index (χ3v) is 9.81. The standard InChI is InChI=1S/C33H38N2O9/c1-4-8-21(34-31(39)42-18-19-9-6-5-7-10-19)25(29(36)37)30(38)43-23-13-14-33(40)24-17-20-11-12-22(41-3)27-26(20)32(33,28(23)44-27)15-16-35(24)2/h5-7,9-13,21,24-25,28,40H,4,8,14-18H2,1-3H3,(H,34,39)(H,36,37)/t21?,24-,25?,28+,32+,33-/m1/s1. The van der Waals surface area contributed by atoms with Crippen LogP contribution in [0.1, 0.15) is 49.3 Å². The Bertz CT molecular complexity index is 1490. The molecule has 11 heteroatoms. The molecule has 6 rings (SSSR count). The Morgan fingerprint density at radius 1 is 1.18 bits per heavy atom. The molecule has 0 radical (unpaired) electrons. The molecule has 1 spiro atoms. The molecular formula is C33H38N2O9. The van der Waals surface area contributed by atoms with E-state index in [-0.39, 0.29) is 31.2 Å². The molecule has 6 atom stereocenters. The second kappa shape index (κ2) is 11.4. The lowest BCUT2D eigenvalue weighted by Crippen LogP contribution is -2.74. The summed E-state index contributed by atoms with van der Waals surface area (Å²) in [6.45, 7) is 2.51. The molecule has 2 aliphatic carbocycles. The summed E-state index contributed by atoms with van der Waals surface area (Å²) < 4.78 is 23.3. The molecule has 1 amide bonds. The van der Waals surface area contributed by atoms with Crippen molar-refractivity contribution >= 4 is 18.0 Å². The summed E-state index contributed by atoms with van der Waals surface area (Å²) in [6.07, 6.45) is 2.01. The third kappa shape index (κ3) is 4.60. The molecule has 234 valence electrons. The third-order valence-electron chi connectivity index (χ3n) is 9.81. The lowest BCUT2D eigenvalue weighted by molar-refractivity contribution is -0.173. The van der Waals surface area contributed by atoms with E-state index >= 15 is 0 Å². The number of carbonyl (C=O) groups excluding carboxylic acids is 2. The minimum atomic E-state index is -1.70. The van der Waals surface area contributed by atoms with Gasteiger partial charge in [0.05, 0.1) is 24.2 Å². The van der Waals surface area contributed by atoms with E-state index in [2.05, 4.69) is 10.2 Å². The van der Waals surface area contributed by atoms with E-state index in [0.29, 0.717) is 37.3 Å². The highest BCUT2D eigenvalue weighted by Gasteiger charge is 2.72. The summed E-state index contributed by atoms with van der Waals surface area (Å²) in [5.41, 5.74) is 0.571.